The minimum atomic E-state index is -0.171. The molecule has 156 valence electrons. The summed E-state index contributed by atoms with van der Waals surface area (Å²) in [5.41, 5.74) is 3.66. The van der Waals surface area contributed by atoms with Gasteiger partial charge in [0.15, 0.2) is 5.17 Å². The molecule has 0 aliphatic carbocycles. The standard InChI is InChI=1S/C24H18Cl2N2O2S/c1-15-5-9-19(10-6-15)27-24-28-23(29)22(31-24)12-16-3-2-4-20(11-16)30-14-17-7-8-18(25)13-21(17)26/h2-13H,14H2,1H3,(H,27,28,29). The van der Waals surface area contributed by atoms with Crippen molar-refractivity contribution in [3.05, 3.63) is 98.4 Å². The molecule has 1 amide bonds. The van der Waals surface area contributed by atoms with Gasteiger partial charge in [0.1, 0.15) is 12.4 Å². The molecule has 4 nitrogen and oxygen atoms in total. The first kappa shape index (κ1) is 21.5. The fourth-order valence-electron chi connectivity index (χ4n) is 2.86. The Labute approximate surface area is 194 Å². The summed E-state index contributed by atoms with van der Waals surface area (Å²) < 4.78 is 5.87. The summed E-state index contributed by atoms with van der Waals surface area (Å²) >= 11 is 13.4. The summed E-state index contributed by atoms with van der Waals surface area (Å²) in [7, 11) is 0. The van der Waals surface area contributed by atoms with E-state index in [-0.39, 0.29) is 5.91 Å². The summed E-state index contributed by atoms with van der Waals surface area (Å²) in [4.78, 5) is 17.4. The maximum Gasteiger partial charge on any atom is 0.264 e. The summed E-state index contributed by atoms with van der Waals surface area (Å²) in [6.07, 6.45) is 1.82. The van der Waals surface area contributed by atoms with E-state index >= 15 is 0 Å². The van der Waals surface area contributed by atoms with Crippen LogP contribution in [0.25, 0.3) is 6.08 Å². The largest absolute Gasteiger partial charge is 0.489 e. The van der Waals surface area contributed by atoms with Crippen LogP contribution in [0.3, 0.4) is 0 Å². The van der Waals surface area contributed by atoms with E-state index < -0.39 is 0 Å². The number of rotatable bonds is 5. The molecule has 1 aliphatic rings. The van der Waals surface area contributed by atoms with Crippen molar-refractivity contribution >= 4 is 57.8 Å². The molecule has 1 heterocycles. The molecule has 7 heteroatoms. The van der Waals surface area contributed by atoms with Crippen LogP contribution in [0, 0.1) is 6.92 Å². The highest BCUT2D eigenvalue weighted by Gasteiger charge is 2.23. The van der Waals surface area contributed by atoms with Crippen LogP contribution in [-0.4, -0.2) is 11.1 Å². The zero-order valence-electron chi connectivity index (χ0n) is 16.6. The first-order valence-corrected chi connectivity index (χ1v) is 11.1. The van der Waals surface area contributed by atoms with Crippen molar-refractivity contribution in [2.75, 3.05) is 0 Å². The van der Waals surface area contributed by atoms with Crippen molar-refractivity contribution in [1.29, 1.82) is 0 Å². The highest BCUT2D eigenvalue weighted by molar-refractivity contribution is 8.18. The van der Waals surface area contributed by atoms with Crippen molar-refractivity contribution in [2.45, 2.75) is 13.5 Å². The number of nitrogens with one attached hydrogen (secondary N) is 1. The van der Waals surface area contributed by atoms with E-state index in [0.29, 0.717) is 32.5 Å². The average molecular weight is 469 g/mol. The number of aryl methyl sites for hydroxylation is 1. The topological polar surface area (TPSA) is 50.7 Å². The Balaban J connectivity index is 1.46. The molecule has 31 heavy (non-hydrogen) atoms. The predicted molar refractivity (Wildman–Crippen MR) is 129 cm³/mol. The number of amides is 1. The number of aliphatic imine (C=N–C) groups is 1. The second-order valence-corrected chi connectivity index (χ2v) is 8.79. The van der Waals surface area contributed by atoms with Gasteiger partial charge in [-0.1, -0.05) is 59.1 Å². The van der Waals surface area contributed by atoms with Gasteiger partial charge in [0.25, 0.3) is 5.91 Å². The van der Waals surface area contributed by atoms with Crippen molar-refractivity contribution < 1.29 is 9.53 Å². The summed E-state index contributed by atoms with van der Waals surface area (Å²) in [5, 5.41) is 4.51. The van der Waals surface area contributed by atoms with Gasteiger partial charge in [-0.2, -0.15) is 0 Å². The zero-order chi connectivity index (χ0) is 21.8. The molecule has 0 saturated carbocycles. The van der Waals surface area contributed by atoms with Gasteiger partial charge < -0.3 is 10.1 Å². The minimum absolute atomic E-state index is 0.171. The molecule has 1 N–H and O–H groups in total. The number of carbonyl (C=O) groups is 1. The maximum absolute atomic E-state index is 12.4. The lowest BCUT2D eigenvalue weighted by Gasteiger charge is -2.09. The number of hydrogen-bond acceptors (Lipinski definition) is 4. The van der Waals surface area contributed by atoms with Crippen LogP contribution in [0.4, 0.5) is 5.69 Å². The highest BCUT2D eigenvalue weighted by atomic mass is 35.5. The van der Waals surface area contributed by atoms with Gasteiger partial charge in [-0.25, -0.2) is 4.99 Å². The van der Waals surface area contributed by atoms with Crippen LogP contribution in [0.2, 0.25) is 10.0 Å². The van der Waals surface area contributed by atoms with E-state index in [1.165, 1.54) is 11.8 Å². The van der Waals surface area contributed by atoms with Crippen LogP contribution in [0.5, 0.6) is 5.75 Å². The van der Waals surface area contributed by atoms with Gasteiger partial charge >= 0.3 is 0 Å². The average Bonchev–Trinajstić information content (AvgIpc) is 3.08. The fourth-order valence-corrected chi connectivity index (χ4v) is 4.17. The predicted octanol–water partition coefficient (Wildman–Crippen LogP) is 6.77. The van der Waals surface area contributed by atoms with Crippen LogP contribution in [0.1, 0.15) is 16.7 Å². The van der Waals surface area contributed by atoms with Crippen LogP contribution in [-0.2, 0) is 11.4 Å². The molecule has 3 aromatic rings. The van der Waals surface area contributed by atoms with Gasteiger partial charge in [0, 0.05) is 15.6 Å². The van der Waals surface area contributed by atoms with Crippen LogP contribution in [0.15, 0.2) is 76.6 Å². The number of hydrogen-bond donors (Lipinski definition) is 1. The third-order valence-electron chi connectivity index (χ3n) is 4.48. The van der Waals surface area contributed by atoms with E-state index in [1.54, 1.807) is 12.1 Å². The number of ether oxygens (including phenoxy) is 1. The number of nitrogens with zero attached hydrogens (tertiary/aromatic N) is 1. The SMILES string of the molecule is Cc1ccc(N=C2NC(=O)C(=Cc3cccc(OCc4ccc(Cl)cc4Cl)c3)S2)cc1. The fraction of sp³-hybridized carbons (Fsp3) is 0.0833. The van der Waals surface area contributed by atoms with E-state index in [2.05, 4.69) is 10.3 Å². The molecule has 0 radical (unpaired) electrons. The Kier molecular flexibility index (Phi) is 6.66. The molecule has 1 fully saturated rings. The van der Waals surface area contributed by atoms with Gasteiger partial charge in [-0.05, 0) is 66.7 Å². The molecule has 3 aromatic carbocycles. The van der Waals surface area contributed by atoms with Gasteiger partial charge in [-0.15, -0.1) is 0 Å². The third-order valence-corrected chi connectivity index (χ3v) is 5.98. The lowest BCUT2D eigenvalue weighted by Crippen LogP contribution is -2.19. The van der Waals surface area contributed by atoms with Crippen molar-refractivity contribution in [2.24, 2.45) is 4.99 Å². The molecule has 0 unspecified atom stereocenters. The molecular formula is C24H18Cl2N2O2S. The number of thioether (sulfide) groups is 1. The van der Waals surface area contributed by atoms with Crippen LogP contribution >= 0.6 is 35.0 Å². The normalized spacial score (nSPS) is 16.0. The lowest BCUT2D eigenvalue weighted by molar-refractivity contribution is -0.115. The maximum atomic E-state index is 12.4. The molecule has 1 saturated heterocycles. The van der Waals surface area contributed by atoms with E-state index in [0.717, 1.165) is 22.4 Å². The monoisotopic (exact) mass is 468 g/mol. The van der Waals surface area contributed by atoms with Crippen molar-refractivity contribution in [3.8, 4) is 5.75 Å². The van der Waals surface area contributed by atoms with E-state index in [1.807, 2.05) is 67.6 Å². The molecule has 0 bridgehead atoms. The first-order chi connectivity index (χ1) is 15.0. The number of benzene rings is 3. The van der Waals surface area contributed by atoms with E-state index in [9.17, 15) is 4.79 Å². The zero-order valence-corrected chi connectivity index (χ0v) is 18.9. The van der Waals surface area contributed by atoms with E-state index in [4.69, 9.17) is 27.9 Å². The number of halogens is 2. The highest BCUT2D eigenvalue weighted by Crippen LogP contribution is 2.29. The lowest BCUT2D eigenvalue weighted by atomic mass is 10.2. The Bertz CT molecular complexity index is 1190. The third kappa shape index (κ3) is 5.70. The quantitative estimate of drug-likeness (QED) is 0.420. The van der Waals surface area contributed by atoms with Crippen molar-refractivity contribution in [1.82, 2.24) is 5.32 Å². The van der Waals surface area contributed by atoms with Gasteiger partial charge in [0.2, 0.25) is 0 Å². The minimum Gasteiger partial charge on any atom is -0.489 e. The Morgan fingerprint density at radius 2 is 1.87 bits per heavy atom. The van der Waals surface area contributed by atoms with Gasteiger partial charge in [-0.3, -0.25) is 4.79 Å². The second-order valence-electron chi connectivity index (χ2n) is 6.91. The second kappa shape index (κ2) is 9.60. The molecular weight excluding hydrogens is 451 g/mol. The van der Waals surface area contributed by atoms with Crippen LogP contribution < -0.4 is 10.1 Å². The number of carbonyl (C=O) groups excluding carboxylic acids is 1. The molecule has 0 spiro atoms. The molecule has 1 aliphatic heterocycles. The Morgan fingerprint density at radius 1 is 1.06 bits per heavy atom. The van der Waals surface area contributed by atoms with Crippen molar-refractivity contribution in [3.63, 3.8) is 0 Å². The summed E-state index contributed by atoms with van der Waals surface area (Å²) in [6, 6.07) is 20.6. The summed E-state index contributed by atoms with van der Waals surface area (Å²) in [6.45, 7) is 2.34. The number of amidine groups is 1. The smallest absolute Gasteiger partial charge is 0.264 e. The molecule has 4 rings (SSSR count). The van der Waals surface area contributed by atoms with Gasteiger partial charge in [0.05, 0.1) is 10.6 Å². The first-order valence-electron chi connectivity index (χ1n) is 9.49. The molecule has 0 atom stereocenters. The summed E-state index contributed by atoms with van der Waals surface area (Å²) in [5.74, 6) is 0.507. The molecule has 0 aromatic heterocycles. The Hall–Kier alpha value is -2.73. The Morgan fingerprint density at radius 3 is 2.65 bits per heavy atom.